The highest BCUT2D eigenvalue weighted by molar-refractivity contribution is 5.84. The van der Waals surface area contributed by atoms with Crippen molar-refractivity contribution in [2.24, 2.45) is 5.10 Å². The predicted octanol–water partition coefficient (Wildman–Crippen LogP) is 3.13. The second-order valence-corrected chi connectivity index (χ2v) is 7.70. The van der Waals surface area contributed by atoms with Gasteiger partial charge in [-0.25, -0.2) is 5.43 Å². The van der Waals surface area contributed by atoms with Gasteiger partial charge in [0.1, 0.15) is 5.75 Å². The second-order valence-electron chi connectivity index (χ2n) is 7.70. The molecule has 0 atom stereocenters. The molecule has 1 fully saturated rings. The van der Waals surface area contributed by atoms with E-state index in [9.17, 15) is 15.2 Å². The molecule has 1 aliphatic rings. The number of aryl methyl sites for hydroxylation is 2. The fourth-order valence-electron chi connectivity index (χ4n) is 3.28. The number of hydrogen-bond acceptors (Lipinski definition) is 11. The van der Waals surface area contributed by atoms with Crippen molar-refractivity contribution >= 4 is 35.4 Å². The summed E-state index contributed by atoms with van der Waals surface area (Å²) in [5.41, 5.74) is 5.75. The van der Waals surface area contributed by atoms with Gasteiger partial charge in [-0.1, -0.05) is 12.1 Å². The summed E-state index contributed by atoms with van der Waals surface area (Å²) >= 11 is 0. The van der Waals surface area contributed by atoms with E-state index in [1.165, 1.54) is 24.4 Å². The average molecular weight is 464 g/mol. The van der Waals surface area contributed by atoms with E-state index in [0.29, 0.717) is 38.2 Å². The summed E-state index contributed by atoms with van der Waals surface area (Å²) in [6.07, 6.45) is 1.26. The summed E-state index contributed by atoms with van der Waals surface area (Å²) in [6.45, 7) is 6.40. The molecule has 0 radical (unpaired) electrons. The van der Waals surface area contributed by atoms with Gasteiger partial charge in [0, 0.05) is 36.5 Å². The van der Waals surface area contributed by atoms with Crippen LogP contribution >= 0.6 is 0 Å². The molecule has 1 aliphatic heterocycles. The van der Waals surface area contributed by atoms with E-state index in [1.807, 2.05) is 36.9 Å². The smallest absolute Gasteiger partial charge is 0.270 e. The molecule has 2 aromatic carbocycles. The lowest BCUT2D eigenvalue weighted by molar-refractivity contribution is -0.384. The topological polar surface area (TPSA) is 151 Å². The number of phenols is 1. The lowest BCUT2D eigenvalue weighted by Gasteiger charge is -2.27. The fourth-order valence-corrected chi connectivity index (χ4v) is 3.28. The Morgan fingerprint density at radius 3 is 2.65 bits per heavy atom. The van der Waals surface area contributed by atoms with Crippen LogP contribution in [0.25, 0.3) is 0 Å². The summed E-state index contributed by atoms with van der Waals surface area (Å²) in [5, 5.41) is 28.3. The minimum absolute atomic E-state index is 0.141. The molecule has 0 amide bonds. The van der Waals surface area contributed by atoms with E-state index in [0.717, 1.165) is 16.8 Å². The molecule has 0 aliphatic carbocycles. The molecule has 12 nitrogen and oxygen atoms in total. The second kappa shape index (κ2) is 10.1. The molecule has 3 N–H and O–H groups in total. The number of phenolic OH excluding ortho intramolecular Hbond substituents is 1. The fraction of sp³-hybridized carbons (Fsp3) is 0.273. The Morgan fingerprint density at radius 1 is 1.12 bits per heavy atom. The summed E-state index contributed by atoms with van der Waals surface area (Å²) in [6, 6.07) is 9.72. The normalized spacial score (nSPS) is 13.8. The number of ether oxygens (including phenoxy) is 1. The van der Waals surface area contributed by atoms with Crippen molar-refractivity contribution in [1.82, 2.24) is 15.0 Å². The Bertz CT molecular complexity index is 1230. The molecule has 0 unspecified atom stereocenters. The van der Waals surface area contributed by atoms with Gasteiger partial charge in [-0.3, -0.25) is 10.1 Å². The third kappa shape index (κ3) is 5.53. The molecule has 4 rings (SSSR count). The van der Waals surface area contributed by atoms with Gasteiger partial charge in [-0.05, 0) is 37.1 Å². The van der Waals surface area contributed by atoms with Gasteiger partial charge in [-0.2, -0.15) is 20.1 Å². The summed E-state index contributed by atoms with van der Waals surface area (Å²) in [4.78, 5) is 25.9. The molecule has 1 saturated heterocycles. The number of non-ortho nitro benzene ring substituents is 1. The van der Waals surface area contributed by atoms with Crippen LogP contribution in [0.15, 0.2) is 41.5 Å². The number of nitro groups is 1. The number of hydrazone groups is 1. The molecule has 34 heavy (non-hydrogen) atoms. The van der Waals surface area contributed by atoms with Gasteiger partial charge in [0.05, 0.1) is 24.4 Å². The van der Waals surface area contributed by atoms with E-state index < -0.39 is 4.92 Å². The molecule has 1 aromatic heterocycles. The summed E-state index contributed by atoms with van der Waals surface area (Å²) in [5.74, 6) is 0.826. The van der Waals surface area contributed by atoms with Gasteiger partial charge in [0.25, 0.3) is 5.69 Å². The number of hydrogen-bond donors (Lipinski definition) is 3. The Labute approximate surface area is 195 Å². The molecule has 0 bridgehead atoms. The molecule has 0 spiro atoms. The summed E-state index contributed by atoms with van der Waals surface area (Å²) < 4.78 is 5.42. The number of morpholine rings is 1. The Balaban J connectivity index is 1.61. The van der Waals surface area contributed by atoms with Crippen molar-refractivity contribution in [3.8, 4) is 5.75 Å². The molecule has 176 valence electrons. The van der Waals surface area contributed by atoms with Crippen molar-refractivity contribution in [3.05, 3.63) is 63.2 Å². The number of rotatable bonds is 7. The molecule has 0 saturated carbocycles. The van der Waals surface area contributed by atoms with E-state index in [4.69, 9.17) is 4.74 Å². The maximum atomic E-state index is 11.0. The van der Waals surface area contributed by atoms with Gasteiger partial charge >= 0.3 is 0 Å². The standard InChI is InChI=1S/C22H24N8O4/c1-14-3-4-15(2)18(11-14)24-20-25-21(27-22(26-20)29-7-9-34-10-8-29)28-23-13-16-12-17(30(32)33)5-6-19(16)31/h3-6,11-13,31H,7-10H2,1-2H3,(H2,24,25,26,27,28). The zero-order valence-corrected chi connectivity index (χ0v) is 18.7. The van der Waals surface area contributed by atoms with Gasteiger partial charge < -0.3 is 20.1 Å². The highest BCUT2D eigenvalue weighted by atomic mass is 16.6. The first-order valence-corrected chi connectivity index (χ1v) is 10.6. The lowest BCUT2D eigenvalue weighted by atomic mass is 10.1. The Morgan fingerprint density at radius 2 is 1.88 bits per heavy atom. The number of aromatic hydroxyl groups is 1. The van der Waals surface area contributed by atoms with Crippen LogP contribution < -0.4 is 15.6 Å². The first-order chi connectivity index (χ1) is 16.4. The van der Waals surface area contributed by atoms with Crippen molar-refractivity contribution in [1.29, 1.82) is 0 Å². The van der Waals surface area contributed by atoms with Gasteiger partial charge in [-0.15, -0.1) is 0 Å². The molecular weight excluding hydrogens is 440 g/mol. The van der Waals surface area contributed by atoms with E-state index in [-0.39, 0.29) is 22.9 Å². The van der Waals surface area contributed by atoms with Gasteiger partial charge in [0.15, 0.2) is 0 Å². The average Bonchev–Trinajstić information content (AvgIpc) is 2.83. The Hall–Kier alpha value is -4.32. The third-order valence-electron chi connectivity index (χ3n) is 5.15. The molecule has 12 heteroatoms. The number of nitrogens with zero attached hydrogens (tertiary/aromatic N) is 6. The van der Waals surface area contributed by atoms with E-state index in [2.05, 4.69) is 30.8 Å². The number of nitro benzene ring substituents is 1. The predicted molar refractivity (Wildman–Crippen MR) is 128 cm³/mol. The van der Waals surface area contributed by atoms with Crippen LogP contribution in [0.4, 0.5) is 29.2 Å². The zero-order valence-electron chi connectivity index (χ0n) is 18.7. The number of aromatic nitrogens is 3. The minimum Gasteiger partial charge on any atom is -0.507 e. The number of benzene rings is 2. The van der Waals surface area contributed by atoms with Crippen LogP contribution in [-0.4, -0.2) is 57.5 Å². The van der Waals surface area contributed by atoms with E-state index >= 15 is 0 Å². The monoisotopic (exact) mass is 464 g/mol. The van der Waals surface area contributed by atoms with Crippen molar-refractivity contribution < 1.29 is 14.8 Å². The van der Waals surface area contributed by atoms with Gasteiger partial charge in [0.2, 0.25) is 17.8 Å². The number of anilines is 4. The SMILES string of the molecule is Cc1ccc(C)c(Nc2nc(NN=Cc3cc([N+](=O)[O-])ccc3O)nc(N3CCOCC3)n2)c1. The van der Waals surface area contributed by atoms with Crippen molar-refractivity contribution in [2.45, 2.75) is 13.8 Å². The number of nitrogens with one attached hydrogen (secondary N) is 2. The van der Waals surface area contributed by atoms with E-state index in [1.54, 1.807) is 0 Å². The van der Waals surface area contributed by atoms with Crippen LogP contribution in [-0.2, 0) is 4.74 Å². The van der Waals surface area contributed by atoms with Crippen molar-refractivity contribution in [3.63, 3.8) is 0 Å². The zero-order chi connectivity index (χ0) is 24.1. The first kappa shape index (κ1) is 22.9. The Kier molecular flexibility index (Phi) is 6.78. The summed E-state index contributed by atoms with van der Waals surface area (Å²) in [7, 11) is 0. The maximum absolute atomic E-state index is 11.0. The highest BCUT2D eigenvalue weighted by Crippen LogP contribution is 2.23. The van der Waals surface area contributed by atoms with Crippen LogP contribution in [0.2, 0.25) is 0 Å². The maximum Gasteiger partial charge on any atom is 0.270 e. The largest absolute Gasteiger partial charge is 0.507 e. The first-order valence-electron chi connectivity index (χ1n) is 10.6. The third-order valence-corrected chi connectivity index (χ3v) is 5.15. The van der Waals surface area contributed by atoms with Crippen LogP contribution in [0, 0.1) is 24.0 Å². The molecular formula is C22H24N8O4. The minimum atomic E-state index is -0.546. The van der Waals surface area contributed by atoms with Crippen LogP contribution in [0.3, 0.4) is 0 Å². The highest BCUT2D eigenvalue weighted by Gasteiger charge is 2.17. The molecule has 3 aromatic rings. The van der Waals surface area contributed by atoms with Crippen LogP contribution in [0.5, 0.6) is 5.75 Å². The van der Waals surface area contributed by atoms with Crippen molar-refractivity contribution in [2.75, 3.05) is 41.9 Å². The quantitative estimate of drug-likeness (QED) is 0.270. The lowest BCUT2D eigenvalue weighted by Crippen LogP contribution is -2.37. The van der Waals surface area contributed by atoms with Crippen LogP contribution in [0.1, 0.15) is 16.7 Å². The molecule has 2 heterocycles.